The predicted molar refractivity (Wildman–Crippen MR) is 49.7 cm³/mol. The molecule has 82 valence electrons. The third-order valence-electron chi connectivity index (χ3n) is 2.65. The first-order valence-electron chi connectivity index (χ1n) is 4.54. The Balaban J connectivity index is 2.65. The highest BCUT2D eigenvalue weighted by atomic mass is 19.1. The second-order valence-corrected chi connectivity index (χ2v) is 3.76. The van der Waals surface area contributed by atoms with Crippen LogP contribution in [0.2, 0.25) is 0 Å². The molecule has 0 amide bonds. The van der Waals surface area contributed by atoms with E-state index in [1.165, 1.54) is 7.11 Å². The van der Waals surface area contributed by atoms with E-state index in [-0.39, 0.29) is 11.3 Å². The average molecular weight is 215 g/mol. The molecule has 1 aliphatic carbocycles. The smallest absolute Gasteiger partial charge is 0.173 e. The Morgan fingerprint density at radius 2 is 2.00 bits per heavy atom. The summed E-state index contributed by atoms with van der Waals surface area (Å²) in [5, 5.41) is 9.25. The fourth-order valence-corrected chi connectivity index (χ4v) is 1.57. The molecule has 0 aliphatic heterocycles. The minimum absolute atomic E-state index is 0.194. The van der Waals surface area contributed by atoms with Gasteiger partial charge in [0, 0.05) is 11.6 Å². The van der Waals surface area contributed by atoms with E-state index < -0.39 is 22.9 Å². The molecule has 2 rings (SSSR count). The highest BCUT2D eigenvalue weighted by Crippen LogP contribution is 2.48. The molecule has 0 aromatic heterocycles. The first-order chi connectivity index (χ1) is 6.99. The molecule has 0 spiro atoms. The fraction of sp³-hybridized carbons (Fsp3) is 0.400. The minimum Gasteiger partial charge on any atom is -0.505 e. The number of nitrogens with two attached hydrogens (primary N) is 1. The summed E-state index contributed by atoms with van der Waals surface area (Å²) in [6.45, 7) is 0. The summed E-state index contributed by atoms with van der Waals surface area (Å²) in [6.07, 6.45) is 1.01. The van der Waals surface area contributed by atoms with Crippen LogP contribution in [-0.4, -0.2) is 12.2 Å². The summed E-state index contributed by atoms with van der Waals surface area (Å²) >= 11 is 0. The molecule has 5 heteroatoms. The molecule has 3 nitrogen and oxygen atoms in total. The molecule has 0 atom stereocenters. The Hall–Kier alpha value is -1.36. The van der Waals surface area contributed by atoms with Gasteiger partial charge in [0.2, 0.25) is 0 Å². The Labute approximate surface area is 85.5 Å². The average Bonchev–Trinajstić information content (AvgIpc) is 2.91. The molecular weight excluding hydrogens is 204 g/mol. The van der Waals surface area contributed by atoms with E-state index in [9.17, 15) is 13.9 Å². The van der Waals surface area contributed by atoms with Crippen LogP contribution in [0.25, 0.3) is 0 Å². The van der Waals surface area contributed by atoms with Gasteiger partial charge in [-0.2, -0.15) is 0 Å². The van der Waals surface area contributed by atoms with Crippen molar-refractivity contribution in [2.45, 2.75) is 18.4 Å². The van der Waals surface area contributed by atoms with Gasteiger partial charge < -0.3 is 15.6 Å². The van der Waals surface area contributed by atoms with Crippen LogP contribution >= 0.6 is 0 Å². The summed E-state index contributed by atoms with van der Waals surface area (Å²) in [5.74, 6) is -2.65. The van der Waals surface area contributed by atoms with Gasteiger partial charge in [0.1, 0.15) is 0 Å². The van der Waals surface area contributed by atoms with Gasteiger partial charge in [-0.15, -0.1) is 0 Å². The van der Waals surface area contributed by atoms with Crippen molar-refractivity contribution in [2.24, 2.45) is 5.73 Å². The molecular formula is C10H11F2NO2. The second-order valence-electron chi connectivity index (χ2n) is 3.76. The van der Waals surface area contributed by atoms with E-state index in [4.69, 9.17) is 5.73 Å². The first-order valence-corrected chi connectivity index (χ1v) is 4.54. The van der Waals surface area contributed by atoms with E-state index in [0.717, 1.165) is 6.07 Å². The molecule has 1 aromatic rings. The number of rotatable bonds is 2. The normalized spacial score (nSPS) is 17.6. The highest BCUT2D eigenvalue weighted by Gasteiger charge is 2.46. The molecule has 1 aliphatic rings. The van der Waals surface area contributed by atoms with Crippen molar-refractivity contribution < 1.29 is 18.6 Å². The van der Waals surface area contributed by atoms with Gasteiger partial charge in [-0.1, -0.05) is 0 Å². The SMILES string of the molecule is COc1cc(O)c(F)c(C2(N)CC2)c1F. The summed E-state index contributed by atoms with van der Waals surface area (Å²) in [5.41, 5.74) is 4.45. The number of halogens is 2. The number of hydrogen-bond acceptors (Lipinski definition) is 3. The minimum atomic E-state index is -0.992. The zero-order valence-electron chi connectivity index (χ0n) is 8.18. The lowest BCUT2D eigenvalue weighted by molar-refractivity contribution is 0.360. The Bertz CT molecular complexity index is 416. The van der Waals surface area contributed by atoms with Crippen LogP contribution in [0.3, 0.4) is 0 Å². The molecule has 0 unspecified atom stereocenters. The van der Waals surface area contributed by atoms with Crippen molar-refractivity contribution in [3.8, 4) is 11.5 Å². The van der Waals surface area contributed by atoms with E-state index in [2.05, 4.69) is 4.74 Å². The lowest BCUT2D eigenvalue weighted by Gasteiger charge is -2.14. The molecule has 0 bridgehead atoms. The number of hydrogen-bond donors (Lipinski definition) is 2. The summed E-state index contributed by atoms with van der Waals surface area (Å²) in [6, 6.07) is 0.903. The first kappa shape index (κ1) is 10.2. The maximum Gasteiger partial charge on any atom is 0.173 e. The van der Waals surface area contributed by atoms with Gasteiger partial charge in [-0.25, -0.2) is 8.78 Å². The van der Waals surface area contributed by atoms with E-state index in [0.29, 0.717) is 12.8 Å². The highest BCUT2D eigenvalue weighted by molar-refractivity contribution is 5.46. The topological polar surface area (TPSA) is 55.5 Å². The Morgan fingerprint density at radius 1 is 1.40 bits per heavy atom. The Morgan fingerprint density at radius 3 is 2.47 bits per heavy atom. The van der Waals surface area contributed by atoms with Crippen LogP contribution in [0.4, 0.5) is 8.78 Å². The van der Waals surface area contributed by atoms with Crippen LogP contribution in [0.5, 0.6) is 11.5 Å². The van der Waals surface area contributed by atoms with Gasteiger partial charge in [0.25, 0.3) is 0 Å². The molecule has 1 saturated carbocycles. The molecule has 15 heavy (non-hydrogen) atoms. The van der Waals surface area contributed by atoms with Crippen LogP contribution < -0.4 is 10.5 Å². The van der Waals surface area contributed by atoms with Gasteiger partial charge in [0.15, 0.2) is 23.1 Å². The van der Waals surface area contributed by atoms with Gasteiger partial charge in [0.05, 0.1) is 12.7 Å². The monoisotopic (exact) mass is 215 g/mol. The number of aromatic hydroxyl groups is 1. The quantitative estimate of drug-likeness (QED) is 0.788. The number of phenolic OH excluding ortho intramolecular Hbond substituents is 1. The summed E-state index contributed by atoms with van der Waals surface area (Å²) < 4.78 is 31.9. The van der Waals surface area contributed by atoms with E-state index >= 15 is 0 Å². The third-order valence-corrected chi connectivity index (χ3v) is 2.65. The lowest BCUT2D eigenvalue weighted by Crippen LogP contribution is -2.22. The summed E-state index contributed by atoms with van der Waals surface area (Å²) in [4.78, 5) is 0. The van der Waals surface area contributed by atoms with Crippen molar-refractivity contribution in [1.29, 1.82) is 0 Å². The third kappa shape index (κ3) is 1.43. The van der Waals surface area contributed by atoms with Crippen molar-refractivity contribution >= 4 is 0 Å². The maximum absolute atomic E-state index is 13.7. The molecule has 0 heterocycles. The van der Waals surface area contributed by atoms with E-state index in [1.54, 1.807) is 0 Å². The van der Waals surface area contributed by atoms with Crippen LogP contribution in [0, 0.1) is 11.6 Å². The molecule has 1 aromatic carbocycles. The molecule has 0 radical (unpaired) electrons. The van der Waals surface area contributed by atoms with Gasteiger partial charge >= 0.3 is 0 Å². The van der Waals surface area contributed by atoms with Crippen molar-refractivity contribution in [1.82, 2.24) is 0 Å². The fourth-order valence-electron chi connectivity index (χ4n) is 1.57. The largest absolute Gasteiger partial charge is 0.505 e. The number of methoxy groups -OCH3 is 1. The van der Waals surface area contributed by atoms with Crippen LogP contribution in [-0.2, 0) is 5.54 Å². The Kier molecular flexibility index (Phi) is 2.08. The zero-order valence-corrected chi connectivity index (χ0v) is 8.18. The second kappa shape index (κ2) is 3.06. The van der Waals surface area contributed by atoms with Crippen molar-refractivity contribution in [3.05, 3.63) is 23.3 Å². The number of phenols is 1. The lowest BCUT2D eigenvalue weighted by atomic mass is 10.0. The zero-order chi connectivity index (χ0) is 11.2. The van der Waals surface area contributed by atoms with Crippen molar-refractivity contribution in [2.75, 3.05) is 7.11 Å². The molecule has 1 fully saturated rings. The summed E-state index contributed by atoms with van der Waals surface area (Å²) in [7, 11) is 1.25. The molecule has 0 saturated heterocycles. The van der Waals surface area contributed by atoms with Gasteiger partial charge in [-0.05, 0) is 12.8 Å². The number of ether oxygens (including phenoxy) is 1. The number of benzene rings is 1. The maximum atomic E-state index is 13.7. The van der Waals surface area contributed by atoms with Crippen molar-refractivity contribution in [3.63, 3.8) is 0 Å². The predicted octanol–water partition coefficient (Wildman–Crippen LogP) is 1.63. The van der Waals surface area contributed by atoms with Crippen LogP contribution in [0.1, 0.15) is 18.4 Å². The molecule has 3 N–H and O–H groups in total. The van der Waals surface area contributed by atoms with Crippen LogP contribution in [0.15, 0.2) is 6.07 Å². The van der Waals surface area contributed by atoms with E-state index in [1.807, 2.05) is 0 Å². The van der Waals surface area contributed by atoms with Gasteiger partial charge in [-0.3, -0.25) is 0 Å². The standard InChI is InChI=1S/C10H11F2NO2/c1-15-6-4-5(14)8(11)7(9(6)12)10(13)2-3-10/h4,14H,2-3,13H2,1H3.